The Kier molecular flexibility index (Phi) is 6.39. The van der Waals surface area contributed by atoms with Crippen molar-refractivity contribution >= 4 is 23.5 Å². The van der Waals surface area contributed by atoms with Gasteiger partial charge in [0.2, 0.25) is 0 Å². The normalized spacial score (nSPS) is 10.7. The lowest BCUT2D eigenvalue weighted by Crippen LogP contribution is -2.20. The Bertz CT molecular complexity index is 740. The molecule has 0 spiro atoms. The number of primary amides is 1. The molecule has 25 heavy (non-hydrogen) atoms. The first-order valence-electron chi connectivity index (χ1n) is 7.99. The van der Waals surface area contributed by atoms with Crippen molar-refractivity contribution in [2.24, 2.45) is 10.7 Å². The Labute approximate surface area is 147 Å². The van der Waals surface area contributed by atoms with Gasteiger partial charge in [-0.2, -0.15) is 0 Å². The predicted octanol–water partition coefficient (Wildman–Crippen LogP) is 2.77. The van der Waals surface area contributed by atoms with Crippen molar-refractivity contribution in [2.75, 3.05) is 32.2 Å². The molecule has 0 fully saturated rings. The van der Waals surface area contributed by atoms with Crippen molar-refractivity contribution in [3.05, 3.63) is 48.0 Å². The molecule has 1 amide bonds. The lowest BCUT2D eigenvalue weighted by molar-refractivity contribution is -0.119. The smallest absolute Gasteiger partial charge is 0.255 e. The summed E-state index contributed by atoms with van der Waals surface area (Å²) < 4.78 is 10.9. The number of aliphatic imine (C=N–C) groups is 1. The SMILES string of the molecule is CCOc1cc(C=Nc2ccc(N(C)C)cc2)ccc1OCC(N)=O. The molecule has 2 N–H and O–H groups in total. The van der Waals surface area contributed by atoms with Gasteiger partial charge < -0.3 is 20.1 Å². The van der Waals surface area contributed by atoms with Crippen molar-refractivity contribution in [3.63, 3.8) is 0 Å². The van der Waals surface area contributed by atoms with Gasteiger partial charge in [0.05, 0.1) is 12.3 Å². The highest BCUT2D eigenvalue weighted by Gasteiger charge is 2.07. The second kappa shape index (κ2) is 8.73. The van der Waals surface area contributed by atoms with Crippen molar-refractivity contribution in [1.82, 2.24) is 0 Å². The van der Waals surface area contributed by atoms with Crippen LogP contribution in [-0.2, 0) is 4.79 Å². The molecule has 0 unspecified atom stereocenters. The summed E-state index contributed by atoms with van der Waals surface area (Å²) in [6, 6.07) is 13.3. The molecule has 0 heterocycles. The van der Waals surface area contributed by atoms with Crippen LogP contribution in [0.25, 0.3) is 0 Å². The summed E-state index contributed by atoms with van der Waals surface area (Å²) in [7, 11) is 3.99. The standard InChI is InChI=1S/C19H23N3O3/c1-4-24-18-11-14(5-10-17(18)25-13-19(20)23)12-21-15-6-8-16(9-7-15)22(2)3/h5-12H,4,13H2,1-3H3,(H2,20,23). The summed E-state index contributed by atoms with van der Waals surface area (Å²) in [6.45, 7) is 2.18. The largest absolute Gasteiger partial charge is 0.490 e. The summed E-state index contributed by atoms with van der Waals surface area (Å²) >= 11 is 0. The fourth-order valence-electron chi connectivity index (χ4n) is 2.13. The molecule has 2 aromatic carbocycles. The Hall–Kier alpha value is -3.02. The maximum absolute atomic E-state index is 10.9. The Morgan fingerprint density at radius 2 is 1.84 bits per heavy atom. The van der Waals surface area contributed by atoms with Gasteiger partial charge in [0, 0.05) is 26.0 Å². The van der Waals surface area contributed by atoms with Gasteiger partial charge in [-0.05, 0) is 55.0 Å². The molecule has 0 radical (unpaired) electrons. The van der Waals surface area contributed by atoms with Crippen molar-refractivity contribution < 1.29 is 14.3 Å². The van der Waals surface area contributed by atoms with E-state index in [1.54, 1.807) is 12.3 Å². The van der Waals surface area contributed by atoms with Crippen LogP contribution in [0.15, 0.2) is 47.5 Å². The molecule has 2 rings (SSSR count). The third kappa shape index (κ3) is 5.53. The van der Waals surface area contributed by atoms with Gasteiger partial charge in [0.1, 0.15) is 0 Å². The zero-order valence-corrected chi connectivity index (χ0v) is 14.7. The third-order valence-electron chi connectivity index (χ3n) is 3.37. The van der Waals surface area contributed by atoms with Gasteiger partial charge in [-0.3, -0.25) is 9.79 Å². The van der Waals surface area contributed by atoms with E-state index in [4.69, 9.17) is 15.2 Å². The number of benzene rings is 2. The number of ether oxygens (including phenoxy) is 2. The van der Waals surface area contributed by atoms with E-state index in [-0.39, 0.29) is 6.61 Å². The third-order valence-corrected chi connectivity index (χ3v) is 3.37. The molecular weight excluding hydrogens is 318 g/mol. The summed E-state index contributed by atoms with van der Waals surface area (Å²) in [5, 5.41) is 0. The number of nitrogens with zero attached hydrogens (tertiary/aromatic N) is 2. The molecule has 6 nitrogen and oxygen atoms in total. The highest BCUT2D eigenvalue weighted by atomic mass is 16.5. The number of carbonyl (C=O) groups is 1. The maximum atomic E-state index is 10.9. The lowest BCUT2D eigenvalue weighted by Gasteiger charge is -2.12. The lowest BCUT2D eigenvalue weighted by atomic mass is 10.2. The summed E-state index contributed by atoms with van der Waals surface area (Å²) in [6.07, 6.45) is 1.76. The number of rotatable bonds is 8. The first-order chi connectivity index (χ1) is 12.0. The second-order valence-electron chi connectivity index (χ2n) is 5.56. The first-order valence-corrected chi connectivity index (χ1v) is 7.99. The van der Waals surface area contributed by atoms with Crippen molar-refractivity contribution in [1.29, 1.82) is 0 Å². The Morgan fingerprint density at radius 1 is 1.12 bits per heavy atom. The van der Waals surface area contributed by atoms with E-state index in [0.29, 0.717) is 18.1 Å². The van der Waals surface area contributed by atoms with E-state index >= 15 is 0 Å². The monoisotopic (exact) mass is 341 g/mol. The molecular formula is C19H23N3O3. The van der Waals surface area contributed by atoms with Crippen molar-refractivity contribution in [3.8, 4) is 11.5 Å². The minimum absolute atomic E-state index is 0.189. The van der Waals surface area contributed by atoms with Crippen LogP contribution in [-0.4, -0.2) is 39.4 Å². The van der Waals surface area contributed by atoms with Gasteiger partial charge in [0.15, 0.2) is 18.1 Å². The van der Waals surface area contributed by atoms with E-state index in [9.17, 15) is 4.79 Å². The highest BCUT2D eigenvalue weighted by molar-refractivity contribution is 5.83. The van der Waals surface area contributed by atoms with Crippen LogP contribution < -0.4 is 20.1 Å². The van der Waals surface area contributed by atoms with Crippen LogP contribution in [0.2, 0.25) is 0 Å². The van der Waals surface area contributed by atoms with Gasteiger partial charge in [-0.1, -0.05) is 0 Å². The molecule has 0 aromatic heterocycles. The summed E-state index contributed by atoms with van der Waals surface area (Å²) in [4.78, 5) is 17.4. The van der Waals surface area contributed by atoms with Crippen molar-refractivity contribution in [2.45, 2.75) is 6.92 Å². The van der Waals surface area contributed by atoms with E-state index in [1.807, 2.05) is 62.3 Å². The fraction of sp³-hybridized carbons (Fsp3) is 0.263. The van der Waals surface area contributed by atoms with E-state index in [2.05, 4.69) is 4.99 Å². The second-order valence-corrected chi connectivity index (χ2v) is 5.56. The van der Waals surface area contributed by atoms with E-state index in [1.165, 1.54) is 0 Å². The highest BCUT2D eigenvalue weighted by Crippen LogP contribution is 2.28. The molecule has 132 valence electrons. The topological polar surface area (TPSA) is 77.2 Å². The van der Waals surface area contributed by atoms with Gasteiger partial charge in [-0.25, -0.2) is 0 Å². The van der Waals surface area contributed by atoms with Crippen LogP contribution in [0.3, 0.4) is 0 Å². The number of anilines is 1. The van der Waals surface area contributed by atoms with Gasteiger partial charge in [0.25, 0.3) is 5.91 Å². The van der Waals surface area contributed by atoms with E-state index in [0.717, 1.165) is 16.9 Å². The predicted molar refractivity (Wildman–Crippen MR) is 100 cm³/mol. The number of hydrogen-bond acceptors (Lipinski definition) is 5. The van der Waals surface area contributed by atoms with Gasteiger partial charge >= 0.3 is 0 Å². The zero-order valence-electron chi connectivity index (χ0n) is 14.7. The minimum atomic E-state index is -0.533. The Morgan fingerprint density at radius 3 is 2.44 bits per heavy atom. The number of nitrogens with two attached hydrogens (primary N) is 1. The number of hydrogen-bond donors (Lipinski definition) is 1. The van der Waals surface area contributed by atoms with E-state index < -0.39 is 5.91 Å². The summed E-state index contributed by atoms with van der Waals surface area (Å²) in [5.41, 5.74) is 7.95. The number of amides is 1. The average Bonchev–Trinajstić information content (AvgIpc) is 2.59. The molecule has 0 atom stereocenters. The Balaban J connectivity index is 2.15. The van der Waals surface area contributed by atoms with Crippen LogP contribution >= 0.6 is 0 Å². The molecule has 2 aromatic rings. The minimum Gasteiger partial charge on any atom is -0.490 e. The van der Waals surface area contributed by atoms with Crippen LogP contribution in [0, 0.1) is 0 Å². The van der Waals surface area contributed by atoms with Gasteiger partial charge in [-0.15, -0.1) is 0 Å². The summed E-state index contributed by atoms with van der Waals surface area (Å²) in [5.74, 6) is 0.498. The molecule has 0 bridgehead atoms. The zero-order chi connectivity index (χ0) is 18.2. The van der Waals surface area contributed by atoms with Crippen LogP contribution in [0.4, 0.5) is 11.4 Å². The quantitative estimate of drug-likeness (QED) is 0.749. The molecule has 0 saturated carbocycles. The van der Waals surface area contributed by atoms with Crippen LogP contribution in [0.1, 0.15) is 12.5 Å². The molecule has 0 aliphatic rings. The fourth-order valence-corrected chi connectivity index (χ4v) is 2.13. The molecule has 0 saturated heterocycles. The molecule has 0 aliphatic heterocycles. The molecule has 6 heteroatoms. The van der Waals surface area contributed by atoms with Crippen LogP contribution in [0.5, 0.6) is 11.5 Å². The first kappa shape index (κ1) is 18.3. The molecule has 0 aliphatic carbocycles. The number of carbonyl (C=O) groups excluding carboxylic acids is 1. The average molecular weight is 341 g/mol. The maximum Gasteiger partial charge on any atom is 0.255 e.